The molecular weight excluding hydrogens is 248 g/mol. The summed E-state index contributed by atoms with van der Waals surface area (Å²) in [6.45, 7) is 1.74. The molecule has 1 aliphatic rings. The van der Waals surface area contributed by atoms with Crippen LogP contribution in [-0.2, 0) is 19.4 Å². The van der Waals surface area contributed by atoms with Gasteiger partial charge in [-0.1, -0.05) is 18.2 Å². The molecule has 1 aliphatic heterocycles. The third-order valence-electron chi connectivity index (χ3n) is 4.16. The van der Waals surface area contributed by atoms with Crippen molar-refractivity contribution in [1.82, 2.24) is 14.5 Å². The number of rotatable bonds is 3. The van der Waals surface area contributed by atoms with E-state index in [-0.39, 0.29) is 0 Å². The van der Waals surface area contributed by atoms with Crippen molar-refractivity contribution in [3.05, 3.63) is 42.0 Å². The third-order valence-corrected chi connectivity index (χ3v) is 4.16. The molecule has 0 fully saturated rings. The summed E-state index contributed by atoms with van der Waals surface area (Å²) in [6.07, 6.45) is 5.27. The number of aromatic nitrogens is 3. The first-order valence-corrected chi connectivity index (χ1v) is 7.23. The van der Waals surface area contributed by atoms with Gasteiger partial charge < -0.3 is 15.3 Å². The van der Waals surface area contributed by atoms with Crippen LogP contribution in [0.1, 0.15) is 17.9 Å². The van der Waals surface area contributed by atoms with Crippen molar-refractivity contribution in [1.29, 1.82) is 0 Å². The van der Waals surface area contributed by atoms with Gasteiger partial charge in [0.05, 0.1) is 5.69 Å². The van der Waals surface area contributed by atoms with Crippen molar-refractivity contribution in [2.24, 2.45) is 5.73 Å². The van der Waals surface area contributed by atoms with Crippen LogP contribution < -0.4 is 5.73 Å². The molecule has 4 heteroatoms. The van der Waals surface area contributed by atoms with Gasteiger partial charge in [-0.3, -0.25) is 0 Å². The summed E-state index contributed by atoms with van der Waals surface area (Å²) in [5, 5.41) is 1.25. The van der Waals surface area contributed by atoms with E-state index in [0.717, 1.165) is 30.9 Å². The standard InChI is InChI=1S/C16H18N4/c17-8-7-15-19-16(14-6-3-9-20(14)15)12-10-18-13-5-2-1-4-11(12)13/h1-2,4-5,10,18H,3,6-9,17H2. The van der Waals surface area contributed by atoms with Crippen molar-refractivity contribution in [2.75, 3.05) is 6.54 Å². The molecule has 0 amide bonds. The summed E-state index contributed by atoms with van der Waals surface area (Å²) in [7, 11) is 0. The Kier molecular flexibility index (Phi) is 2.63. The van der Waals surface area contributed by atoms with E-state index in [9.17, 15) is 0 Å². The Balaban J connectivity index is 1.92. The van der Waals surface area contributed by atoms with Gasteiger partial charge in [-0.2, -0.15) is 0 Å². The Hall–Kier alpha value is -2.07. The number of nitrogens with zero attached hydrogens (tertiary/aromatic N) is 2. The molecule has 0 saturated heterocycles. The van der Waals surface area contributed by atoms with Crippen LogP contribution >= 0.6 is 0 Å². The van der Waals surface area contributed by atoms with Crippen molar-refractivity contribution in [2.45, 2.75) is 25.8 Å². The summed E-state index contributed by atoms with van der Waals surface area (Å²) in [6, 6.07) is 8.40. The lowest BCUT2D eigenvalue weighted by molar-refractivity contribution is 0.685. The van der Waals surface area contributed by atoms with Crippen LogP contribution in [0.2, 0.25) is 0 Å². The first-order chi connectivity index (χ1) is 9.88. The molecule has 0 atom stereocenters. The van der Waals surface area contributed by atoms with Gasteiger partial charge in [0.2, 0.25) is 0 Å². The largest absolute Gasteiger partial charge is 0.360 e. The zero-order valence-electron chi connectivity index (χ0n) is 11.4. The van der Waals surface area contributed by atoms with Crippen LogP contribution in [-0.4, -0.2) is 21.1 Å². The van der Waals surface area contributed by atoms with Gasteiger partial charge in [-0.15, -0.1) is 0 Å². The minimum absolute atomic E-state index is 0.657. The number of nitrogens with one attached hydrogen (secondary N) is 1. The molecule has 0 radical (unpaired) electrons. The highest BCUT2D eigenvalue weighted by atomic mass is 15.1. The summed E-state index contributed by atoms with van der Waals surface area (Å²) in [5.41, 5.74) is 10.6. The Morgan fingerprint density at radius 3 is 3.10 bits per heavy atom. The molecule has 1 aromatic carbocycles. The minimum Gasteiger partial charge on any atom is -0.360 e. The molecular formula is C16H18N4. The van der Waals surface area contributed by atoms with E-state index >= 15 is 0 Å². The van der Waals surface area contributed by atoms with E-state index in [1.165, 1.54) is 28.6 Å². The number of hydrogen-bond donors (Lipinski definition) is 2. The summed E-state index contributed by atoms with van der Waals surface area (Å²) < 4.78 is 2.37. The molecule has 20 heavy (non-hydrogen) atoms. The van der Waals surface area contributed by atoms with Crippen LogP contribution in [0.3, 0.4) is 0 Å². The smallest absolute Gasteiger partial charge is 0.110 e. The lowest BCUT2D eigenvalue weighted by Gasteiger charge is -2.01. The molecule has 4 nitrogen and oxygen atoms in total. The van der Waals surface area contributed by atoms with Gasteiger partial charge in [-0.05, 0) is 25.5 Å². The van der Waals surface area contributed by atoms with Crippen LogP contribution in [0.15, 0.2) is 30.5 Å². The van der Waals surface area contributed by atoms with Crippen LogP contribution in [0.25, 0.3) is 22.2 Å². The number of H-pyrrole nitrogens is 1. The van der Waals surface area contributed by atoms with Crippen LogP contribution in [0, 0.1) is 0 Å². The topological polar surface area (TPSA) is 59.6 Å². The molecule has 0 aliphatic carbocycles. The van der Waals surface area contributed by atoms with E-state index in [0.29, 0.717) is 6.54 Å². The number of fused-ring (bicyclic) bond motifs is 2. The normalized spacial score (nSPS) is 14.1. The summed E-state index contributed by atoms with van der Waals surface area (Å²) in [5.74, 6) is 1.14. The van der Waals surface area contributed by atoms with E-state index in [1.807, 2.05) is 0 Å². The molecule has 0 bridgehead atoms. The fourth-order valence-corrected chi connectivity index (χ4v) is 3.26. The Bertz CT molecular complexity index is 766. The number of para-hydroxylation sites is 1. The van der Waals surface area contributed by atoms with Crippen molar-refractivity contribution in [3.8, 4) is 11.3 Å². The van der Waals surface area contributed by atoms with Gasteiger partial charge in [0, 0.05) is 41.3 Å². The maximum Gasteiger partial charge on any atom is 0.110 e. The van der Waals surface area contributed by atoms with E-state index in [1.54, 1.807) is 0 Å². The van der Waals surface area contributed by atoms with Crippen LogP contribution in [0.4, 0.5) is 0 Å². The molecule has 0 unspecified atom stereocenters. The Morgan fingerprint density at radius 1 is 1.30 bits per heavy atom. The SMILES string of the molecule is NCCc1nc(-c2c[nH]c3ccccc23)c2n1CCC2. The average molecular weight is 266 g/mol. The van der Waals surface area contributed by atoms with Crippen molar-refractivity contribution >= 4 is 10.9 Å². The maximum absolute atomic E-state index is 5.71. The van der Waals surface area contributed by atoms with E-state index < -0.39 is 0 Å². The second-order valence-corrected chi connectivity index (χ2v) is 5.37. The highest BCUT2D eigenvalue weighted by Gasteiger charge is 2.23. The molecule has 0 spiro atoms. The second-order valence-electron chi connectivity index (χ2n) is 5.37. The van der Waals surface area contributed by atoms with Gasteiger partial charge >= 0.3 is 0 Å². The number of imidazole rings is 1. The second kappa shape index (κ2) is 4.49. The van der Waals surface area contributed by atoms with Gasteiger partial charge in [-0.25, -0.2) is 4.98 Å². The fourth-order valence-electron chi connectivity index (χ4n) is 3.26. The average Bonchev–Trinajstić information content (AvgIpc) is 3.15. The van der Waals surface area contributed by atoms with E-state index in [2.05, 4.69) is 40.0 Å². The predicted molar refractivity (Wildman–Crippen MR) is 80.6 cm³/mol. The highest BCUT2D eigenvalue weighted by Crippen LogP contribution is 2.34. The molecule has 0 saturated carbocycles. The Morgan fingerprint density at radius 2 is 2.20 bits per heavy atom. The first kappa shape index (κ1) is 11.7. The quantitative estimate of drug-likeness (QED) is 0.765. The maximum atomic E-state index is 5.71. The zero-order valence-corrected chi connectivity index (χ0v) is 11.4. The first-order valence-electron chi connectivity index (χ1n) is 7.23. The van der Waals surface area contributed by atoms with Crippen molar-refractivity contribution in [3.63, 3.8) is 0 Å². The minimum atomic E-state index is 0.657. The lowest BCUT2D eigenvalue weighted by atomic mass is 10.1. The summed E-state index contributed by atoms with van der Waals surface area (Å²) >= 11 is 0. The number of aromatic amines is 1. The molecule has 3 heterocycles. The number of benzene rings is 1. The molecule has 2 aromatic heterocycles. The molecule has 3 aromatic rings. The number of hydrogen-bond acceptors (Lipinski definition) is 2. The van der Waals surface area contributed by atoms with Gasteiger partial charge in [0.25, 0.3) is 0 Å². The highest BCUT2D eigenvalue weighted by molar-refractivity contribution is 5.95. The molecule has 4 rings (SSSR count). The van der Waals surface area contributed by atoms with Gasteiger partial charge in [0.1, 0.15) is 5.82 Å². The predicted octanol–water partition coefficient (Wildman–Crippen LogP) is 2.48. The van der Waals surface area contributed by atoms with E-state index in [4.69, 9.17) is 10.7 Å². The Labute approximate surface area is 117 Å². The van der Waals surface area contributed by atoms with Crippen molar-refractivity contribution < 1.29 is 0 Å². The fraction of sp³-hybridized carbons (Fsp3) is 0.312. The molecule has 102 valence electrons. The lowest BCUT2D eigenvalue weighted by Crippen LogP contribution is -2.08. The zero-order chi connectivity index (χ0) is 13.5. The molecule has 3 N–H and O–H groups in total. The number of nitrogens with two attached hydrogens (primary N) is 1. The summed E-state index contributed by atoms with van der Waals surface area (Å²) in [4.78, 5) is 8.22. The van der Waals surface area contributed by atoms with Crippen LogP contribution in [0.5, 0.6) is 0 Å². The van der Waals surface area contributed by atoms with Gasteiger partial charge in [0.15, 0.2) is 0 Å². The monoisotopic (exact) mass is 266 g/mol. The third kappa shape index (κ3) is 1.61.